The smallest absolute Gasteiger partial charge is 0.141 e. The van der Waals surface area contributed by atoms with Crippen molar-refractivity contribution in [3.63, 3.8) is 0 Å². The summed E-state index contributed by atoms with van der Waals surface area (Å²) in [5, 5.41) is 11.9. The van der Waals surface area contributed by atoms with E-state index >= 15 is 0 Å². The molecule has 0 radical (unpaired) electrons. The maximum absolute atomic E-state index is 13.2. The van der Waals surface area contributed by atoms with E-state index in [0.29, 0.717) is 18.2 Å². The van der Waals surface area contributed by atoms with Crippen LogP contribution >= 0.6 is 0 Å². The summed E-state index contributed by atoms with van der Waals surface area (Å²) in [5.41, 5.74) is 0.752. The van der Waals surface area contributed by atoms with Crippen molar-refractivity contribution in [3.05, 3.63) is 53.2 Å². The number of anilines is 1. The van der Waals surface area contributed by atoms with E-state index in [-0.39, 0.29) is 5.56 Å². The predicted octanol–water partition coefficient (Wildman–Crippen LogP) is 4.03. The third-order valence-electron chi connectivity index (χ3n) is 3.71. The summed E-state index contributed by atoms with van der Waals surface area (Å²) in [4.78, 5) is 0. The standard InChI is InChI=1S/C16H15FN2O/c1-10-6-14(10)16-5-3-13(20-16)9-19-12-2-4-15(17)11(7-12)8-18/h2-5,7,10,14,19H,6,9H2,1H3. The number of benzene rings is 1. The van der Waals surface area contributed by atoms with Crippen molar-refractivity contribution < 1.29 is 8.81 Å². The molecule has 102 valence electrons. The van der Waals surface area contributed by atoms with E-state index in [1.54, 1.807) is 6.07 Å². The van der Waals surface area contributed by atoms with Crippen molar-refractivity contribution in [2.24, 2.45) is 5.92 Å². The second-order valence-corrected chi connectivity index (χ2v) is 5.28. The third-order valence-corrected chi connectivity index (χ3v) is 3.71. The second-order valence-electron chi connectivity index (χ2n) is 5.28. The summed E-state index contributed by atoms with van der Waals surface area (Å²) < 4.78 is 19.0. The fourth-order valence-corrected chi connectivity index (χ4v) is 2.32. The number of furan rings is 1. The topological polar surface area (TPSA) is 49.0 Å². The molecule has 3 rings (SSSR count). The number of rotatable bonds is 4. The van der Waals surface area contributed by atoms with E-state index in [4.69, 9.17) is 9.68 Å². The highest BCUT2D eigenvalue weighted by molar-refractivity contribution is 5.49. The van der Waals surface area contributed by atoms with E-state index in [1.165, 1.54) is 18.6 Å². The Kier molecular flexibility index (Phi) is 3.19. The minimum atomic E-state index is -0.499. The number of nitriles is 1. The first-order chi connectivity index (χ1) is 9.67. The largest absolute Gasteiger partial charge is 0.464 e. The van der Waals surface area contributed by atoms with Gasteiger partial charge in [0.1, 0.15) is 23.4 Å². The quantitative estimate of drug-likeness (QED) is 0.912. The Bertz CT molecular complexity index is 671. The lowest BCUT2D eigenvalue weighted by atomic mass is 10.2. The molecule has 0 bridgehead atoms. The van der Waals surface area contributed by atoms with Gasteiger partial charge in [-0.05, 0) is 42.7 Å². The molecule has 1 aliphatic carbocycles. The van der Waals surface area contributed by atoms with Crippen LogP contribution in [0.1, 0.15) is 36.3 Å². The Hall–Kier alpha value is -2.28. The molecular formula is C16H15FN2O. The molecule has 0 amide bonds. The summed E-state index contributed by atoms with van der Waals surface area (Å²) in [7, 11) is 0. The molecule has 1 N–H and O–H groups in total. The normalized spacial score (nSPS) is 20.4. The van der Waals surface area contributed by atoms with Crippen molar-refractivity contribution in [2.45, 2.75) is 25.8 Å². The molecule has 1 fully saturated rings. The molecule has 0 saturated heterocycles. The van der Waals surface area contributed by atoms with Gasteiger partial charge in [-0.25, -0.2) is 4.39 Å². The van der Waals surface area contributed by atoms with Gasteiger partial charge in [-0.15, -0.1) is 0 Å². The Morgan fingerprint density at radius 2 is 2.20 bits per heavy atom. The summed E-state index contributed by atoms with van der Waals surface area (Å²) >= 11 is 0. The Morgan fingerprint density at radius 1 is 1.40 bits per heavy atom. The van der Waals surface area contributed by atoms with Gasteiger partial charge in [0.05, 0.1) is 12.1 Å². The molecule has 0 aliphatic heterocycles. The van der Waals surface area contributed by atoms with Crippen LogP contribution in [0.5, 0.6) is 0 Å². The molecule has 1 aromatic carbocycles. The van der Waals surface area contributed by atoms with Gasteiger partial charge in [-0.2, -0.15) is 5.26 Å². The van der Waals surface area contributed by atoms with Gasteiger partial charge in [-0.3, -0.25) is 0 Å². The highest BCUT2D eigenvalue weighted by Crippen LogP contribution is 2.47. The minimum Gasteiger partial charge on any atom is -0.464 e. The maximum Gasteiger partial charge on any atom is 0.141 e. The molecule has 1 aromatic heterocycles. The van der Waals surface area contributed by atoms with E-state index in [0.717, 1.165) is 17.4 Å². The molecule has 1 aliphatic rings. The SMILES string of the molecule is CC1CC1c1ccc(CNc2ccc(F)c(C#N)c2)o1. The number of halogens is 1. The van der Waals surface area contributed by atoms with Crippen LogP contribution in [-0.2, 0) is 6.54 Å². The molecule has 2 atom stereocenters. The van der Waals surface area contributed by atoms with Gasteiger partial charge in [-0.1, -0.05) is 6.92 Å². The summed E-state index contributed by atoms with van der Waals surface area (Å²) in [5.74, 6) is 2.69. The fraction of sp³-hybridized carbons (Fsp3) is 0.312. The maximum atomic E-state index is 13.2. The van der Waals surface area contributed by atoms with Crippen LogP contribution in [0.15, 0.2) is 34.7 Å². The molecule has 4 heteroatoms. The molecule has 3 nitrogen and oxygen atoms in total. The van der Waals surface area contributed by atoms with E-state index in [1.807, 2.05) is 18.2 Å². The molecule has 1 heterocycles. The Labute approximate surface area is 117 Å². The monoisotopic (exact) mass is 270 g/mol. The number of hydrogen-bond acceptors (Lipinski definition) is 3. The zero-order valence-corrected chi connectivity index (χ0v) is 11.2. The van der Waals surface area contributed by atoms with Gasteiger partial charge in [0, 0.05) is 11.6 Å². The summed E-state index contributed by atoms with van der Waals surface area (Å²) in [6, 6.07) is 10.2. The number of nitrogens with zero attached hydrogens (tertiary/aromatic N) is 1. The highest BCUT2D eigenvalue weighted by Gasteiger charge is 2.36. The Morgan fingerprint density at radius 3 is 2.90 bits per heavy atom. The lowest BCUT2D eigenvalue weighted by Gasteiger charge is -2.05. The molecular weight excluding hydrogens is 255 g/mol. The molecule has 0 spiro atoms. The van der Waals surface area contributed by atoms with E-state index < -0.39 is 5.82 Å². The second kappa shape index (κ2) is 5.01. The first-order valence-electron chi connectivity index (χ1n) is 6.69. The van der Waals surface area contributed by atoms with Gasteiger partial charge in [0.15, 0.2) is 0 Å². The lowest BCUT2D eigenvalue weighted by molar-refractivity contribution is 0.468. The van der Waals surface area contributed by atoms with Gasteiger partial charge in [0.2, 0.25) is 0 Å². The zero-order chi connectivity index (χ0) is 14.1. The minimum absolute atomic E-state index is 0.0435. The van der Waals surface area contributed by atoms with Crippen LogP contribution in [0.25, 0.3) is 0 Å². The average Bonchev–Trinajstić information content (AvgIpc) is 3.00. The van der Waals surface area contributed by atoms with Crippen molar-refractivity contribution >= 4 is 5.69 Å². The third kappa shape index (κ3) is 2.53. The number of hydrogen-bond donors (Lipinski definition) is 1. The van der Waals surface area contributed by atoms with Gasteiger partial charge in [0.25, 0.3) is 0 Å². The fourth-order valence-electron chi connectivity index (χ4n) is 2.32. The van der Waals surface area contributed by atoms with Crippen LogP contribution in [0.4, 0.5) is 10.1 Å². The van der Waals surface area contributed by atoms with Crippen LogP contribution in [0.2, 0.25) is 0 Å². The first-order valence-corrected chi connectivity index (χ1v) is 6.69. The van der Waals surface area contributed by atoms with Crippen LogP contribution < -0.4 is 5.32 Å². The van der Waals surface area contributed by atoms with Crippen LogP contribution in [0.3, 0.4) is 0 Å². The van der Waals surface area contributed by atoms with Crippen molar-refractivity contribution in [3.8, 4) is 6.07 Å². The molecule has 1 saturated carbocycles. The zero-order valence-electron chi connectivity index (χ0n) is 11.2. The van der Waals surface area contributed by atoms with Gasteiger partial charge < -0.3 is 9.73 Å². The Balaban J connectivity index is 1.64. The van der Waals surface area contributed by atoms with Crippen LogP contribution in [-0.4, -0.2) is 0 Å². The van der Waals surface area contributed by atoms with Crippen LogP contribution in [0, 0.1) is 23.1 Å². The highest BCUT2D eigenvalue weighted by atomic mass is 19.1. The number of nitrogens with one attached hydrogen (secondary N) is 1. The predicted molar refractivity (Wildman–Crippen MR) is 73.7 cm³/mol. The molecule has 2 unspecified atom stereocenters. The first kappa shape index (κ1) is 12.7. The lowest BCUT2D eigenvalue weighted by Crippen LogP contribution is -1.99. The molecule has 20 heavy (non-hydrogen) atoms. The summed E-state index contributed by atoms with van der Waals surface area (Å²) in [6.07, 6.45) is 1.20. The van der Waals surface area contributed by atoms with E-state index in [9.17, 15) is 4.39 Å². The van der Waals surface area contributed by atoms with Crippen molar-refractivity contribution in [1.29, 1.82) is 5.26 Å². The van der Waals surface area contributed by atoms with Gasteiger partial charge >= 0.3 is 0 Å². The van der Waals surface area contributed by atoms with Crippen molar-refractivity contribution in [1.82, 2.24) is 0 Å². The van der Waals surface area contributed by atoms with Crippen molar-refractivity contribution in [2.75, 3.05) is 5.32 Å². The van der Waals surface area contributed by atoms with E-state index in [2.05, 4.69) is 12.2 Å². The summed E-state index contributed by atoms with van der Waals surface area (Å²) in [6.45, 7) is 2.74. The average molecular weight is 270 g/mol. The molecule has 2 aromatic rings.